The van der Waals surface area contributed by atoms with Gasteiger partial charge in [-0.05, 0) is 6.92 Å². The largest absolute Gasteiger partial charge is 0.387 e. The zero-order valence-corrected chi connectivity index (χ0v) is 7.68. The third-order valence-corrected chi connectivity index (χ3v) is 2.01. The van der Waals surface area contributed by atoms with Gasteiger partial charge >= 0.3 is 0 Å². The lowest BCUT2D eigenvalue weighted by Crippen LogP contribution is -2.05. The van der Waals surface area contributed by atoms with E-state index in [-0.39, 0.29) is 5.91 Å². The molecule has 12 heavy (non-hydrogen) atoms. The summed E-state index contributed by atoms with van der Waals surface area (Å²) in [5.74, 6) is -0.151. The van der Waals surface area contributed by atoms with Gasteiger partial charge in [0.2, 0.25) is 5.91 Å². The molecule has 0 fully saturated rings. The van der Waals surface area contributed by atoms with Gasteiger partial charge in [-0.15, -0.1) is 11.3 Å². The first-order valence-corrected chi connectivity index (χ1v) is 4.38. The molecular formula is C7H10N2O2S. The minimum Gasteiger partial charge on any atom is -0.387 e. The number of amides is 1. The van der Waals surface area contributed by atoms with Crippen LogP contribution < -0.4 is 5.32 Å². The van der Waals surface area contributed by atoms with Crippen LogP contribution in [0.15, 0.2) is 5.38 Å². The van der Waals surface area contributed by atoms with Gasteiger partial charge in [-0.1, -0.05) is 0 Å². The summed E-state index contributed by atoms with van der Waals surface area (Å²) in [6.07, 6.45) is -0.580. The number of anilines is 1. The van der Waals surface area contributed by atoms with Crippen LogP contribution in [-0.4, -0.2) is 16.0 Å². The van der Waals surface area contributed by atoms with Crippen molar-refractivity contribution in [3.8, 4) is 0 Å². The Morgan fingerprint density at radius 2 is 2.50 bits per heavy atom. The van der Waals surface area contributed by atoms with Crippen molar-refractivity contribution >= 4 is 22.4 Å². The molecule has 0 aliphatic carbocycles. The quantitative estimate of drug-likeness (QED) is 0.728. The second kappa shape index (κ2) is 3.64. The number of aromatic nitrogens is 1. The zero-order valence-electron chi connectivity index (χ0n) is 6.87. The molecule has 1 atom stereocenters. The standard InChI is InChI=1S/C7H10N2O2S/c1-4(10)6-3-12-7(9-6)8-5(2)11/h3-4,10H,1-2H3,(H,8,9,11). The van der Waals surface area contributed by atoms with Gasteiger partial charge in [0.15, 0.2) is 5.13 Å². The van der Waals surface area contributed by atoms with Crippen LogP contribution in [0.4, 0.5) is 5.13 Å². The molecule has 0 spiro atoms. The second-order valence-electron chi connectivity index (χ2n) is 2.43. The normalized spacial score (nSPS) is 12.6. The van der Waals surface area contributed by atoms with Crippen LogP contribution in [0.25, 0.3) is 0 Å². The van der Waals surface area contributed by atoms with Crippen LogP contribution in [0, 0.1) is 0 Å². The highest BCUT2D eigenvalue weighted by Crippen LogP contribution is 2.19. The predicted octanol–water partition coefficient (Wildman–Crippen LogP) is 1.15. The molecule has 0 aliphatic rings. The Labute approximate surface area is 74.3 Å². The number of thiazole rings is 1. The molecule has 0 radical (unpaired) electrons. The van der Waals surface area contributed by atoms with Gasteiger partial charge < -0.3 is 10.4 Å². The molecule has 5 heteroatoms. The van der Waals surface area contributed by atoms with Crippen LogP contribution >= 0.6 is 11.3 Å². The molecule has 0 aliphatic heterocycles. The minimum atomic E-state index is -0.580. The van der Waals surface area contributed by atoms with Gasteiger partial charge in [-0.25, -0.2) is 4.98 Å². The molecule has 4 nitrogen and oxygen atoms in total. The Morgan fingerprint density at radius 3 is 2.92 bits per heavy atom. The van der Waals surface area contributed by atoms with Gasteiger partial charge in [0.05, 0.1) is 11.8 Å². The van der Waals surface area contributed by atoms with Crippen molar-refractivity contribution < 1.29 is 9.90 Å². The Kier molecular flexibility index (Phi) is 2.78. The zero-order chi connectivity index (χ0) is 9.14. The van der Waals surface area contributed by atoms with Crippen molar-refractivity contribution in [2.24, 2.45) is 0 Å². The molecule has 1 aromatic heterocycles. The average molecular weight is 186 g/mol. The van der Waals surface area contributed by atoms with E-state index in [1.54, 1.807) is 12.3 Å². The molecule has 0 saturated heterocycles. The Hall–Kier alpha value is -0.940. The van der Waals surface area contributed by atoms with Gasteiger partial charge in [-0.3, -0.25) is 4.79 Å². The van der Waals surface area contributed by atoms with Crippen LogP contribution in [0.2, 0.25) is 0 Å². The molecule has 0 bridgehead atoms. The van der Waals surface area contributed by atoms with E-state index in [4.69, 9.17) is 5.11 Å². The third kappa shape index (κ3) is 2.28. The maximum absolute atomic E-state index is 10.6. The van der Waals surface area contributed by atoms with Crippen molar-refractivity contribution in [3.05, 3.63) is 11.1 Å². The monoisotopic (exact) mass is 186 g/mol. The lowest BCUT2D eigenvalue weighted by molar-refractivity contribution is -0.114. The molecule has 1 heterocycles. The molecule has 66 valence electrons. The summed E-state index contributed by atoms with van der Waals surface area (Å²) in [6, 6.07) is 0. The van der Waals surface area contributed by atoms with Crippen molar-refractivity contribution in [1.29, 1.82) is 0 Å². The van der Waals surface area contributed by atoms with Gasteiger partial charge in [0.25, 0.3) is 0 Å². The number of nitrogens with zero attached hydrogens (tertiary/aromatic N) is 1. The smallest absolute Gasteiger partial charge is 0.223 e. The summed E-state index contributed by atoms with van der Waals surface area (Å²) in [4.78, 5) is 14.6. The summed E-state index contributed by atoms with van der Waals surface area (Å²) in [6.45, 7) is 3.05. The fourth-order valence-corrected chi connectivity index (χ4v) is 1.53. The van der Waals surface area contributed by atoms with E-state index in [1.165, 1.54) is 18.3 Å². The number of hydrogen-bond acceptors (Lipinski definition) is 4. The fourth-order valence-electron chi connectivity index (χ4n) is 0.686. The molecule has 2 N–H and O–H groups in total. The number of carbonyl (C=O) groups excluding carboxylic acids is 1. The summed E-state index contributed by atoms with van der Waals surface area (Å²) >= 11 is 1.30. The number of aliphatic hydroxyl groups is 1. The first-order chi connectivity index (χ1) is 5.59. The van der Waals surface area contributed by atoms with E-state index in [2.05, 4.69) is 10.3 Å². The van der Waals surface area contributed by atoms with E-state index in [0.29, 0.717) is 10.8 Å². The van der Waals surface area contributed by atoms with E-state index < -0.39 is 6.10 Å². The molecular weight excluding hydrogens is 176 g/mol. The number of carbonyl (C=O) groups is 1. The van der Waals surface area contributed by atoms with Gasteiger partial charge in [0.1, 0.15) is 0 Å². The highest BCUT2D eigenvalue weighted by molar-refractivity contribution is 7.13. The molecule has 1 unspecified atom stereocenters. The topological polar surface area (TPSA) is 62.2 Å². The molecule has 0 saturated carbocycles. The fraction of sp³-hybridized carbons (Fsp3) is 0.429. The maximum Gasteiger partial charge on any atom is 0.223 e. The van der Waals surface area contributed by atoms with Gasteiger partial charge in [0, 0.05) is 12.3 Å². The van der Waals surface area contributed by atoms with Crippen LogP contribution in [-0.2, 0) is 4.79 Å². The molecule has 1 rings (SSSR count). The van der Waals surface area contributed by atoms with Crippen molar-refractivity contribution in [3.63, 3.8) is 0 Å². The number of nitrogens with one attached hydrogen (secondary N) is 1. The SMILES string of the molecule is CC(=O)Nc1nc(C(C)O)cs1. The summed E-state index contributed by atoms with van der Waals surface area (Å²) in [5, 5.41) is 13.9. The summed E-state index contributed by atoms with van der Waals surface area (Å²) in [5.41, 5.74) is 0.587. The number of aliphatic hydroxyl groups excluding tert-OH is 1. The van der Waals surface area contributed by atoms with Crippen molar-refractivity contribution in [2.75, 3.05) is 5.32 Å². The number of rotatable bonds is 2. The highest BCUT2D eigenvalue weighted by Gasteiger charge is 2.06. The lowest BCUT2D eigenvalue weighted by atomic mass is 10.3. The van der Waals surface area contributed by atoms with Crippen LogP contribution in [0.1, 0.15) is 25.6 Å². The summed E-state index contributed by atoms with van der Waals surface area (Å²) < 4.78 is 0. The van der Waals surface area contributed by atoms with Crippen LogP contribution in [0.3, 0.4) is 0 Å². The number of hydrogen-bond donors (Lipinski definition) is 2. The minimum absolute atomic E-state index is 0.151. The summed E-state index contributed by atoms with van der Waals surface area (Å²) in [7, 11) is 0. The van der Waals surface area contributed by atoms with E-state index in [1.807, 2.05) is 0 Å². The lowest BCUT2D eigenvalue weighted by Gasteiger charge is -1.96. The first kappa shape index (κ1) is 9.15. The Balaban J connectivity index is 2.70. The highest BCUT2D eigenvalue weighted by atomic mass is 32.1. The Morgan fingerprint density at radius 1 is 1.83 bits per heavy atom. The average Bonchev–Trinajstić information content (AvgIpc) is 2.34. The molecule has 1 amide bonds. The maximum atomic E-state index is 10.6. The van der Waals surface area contributed by atoms with E-state index in [9.17, 15) is 4.79 Å². The molecule has 1 aromatic rings. The predicted molar refractivity (Wildman–Crippen MR) is 47.1 cm³/mol. The van der Waals surface area contributed by atoms with E-state index in [0.717, 1.165) is 0 Å². The molecule has 0 aromatic carbocycles. The van der Waals surface area contributed by atoms with E-state index >= 15 is 0 Å². The second-order valence-corrected chi connectivity index (χ2v) is 3.29. The first-order valence-electron chi connectivity index (χ1n) is 3.50. The van der Waals surface area contributed by atoms with Crippen LogP contribution in [0.5, 0.6) is 0 Å². The Bertz CT molecular complexity index is 283. The van der Waals surface area contributed by atoms with Crippen molar-refractivity contribution in [1.82, 2.24) is 4.98 Å². The van der Waals surface area contributed by atoms with Crippen molar-refractivity contribution in [2.45, 2.75) is 20.0 Å². The van der Waals surface area contributed by atoms with Gasteiger partial charge in [-0.2, -0.15) is 0 Å². The third-order valence-electron chi connectivity index (χ3n) is 1.23.